The number of rotatable bonds is 1. The van der Waals surface area contributed by atoms with Crippen molar-refractivity contribution < 1.29 is 23.1 Å². The Morgan fingerprint density at radius 3 is 2.27 bits per heavy atom. The van der Waals surface area contributed by atoms with E-state index in [-0.39, 0.29) is 0 Å². The second-order valence-electron chi connectivity index (χ2n) is 1.67. The molecule has 0 aliphatic heterocycles. The van der Waals surface area contributed by atoms with Crippen LogP contribution in [0.4, 0.5) is 18.0 Å². The fourth-order valence-electron chi connectivity index (χ4n) is 0.278. The highest BCUT2D eigenvalue weighted by molar-refractivity contribution is 5.73. The van der Waals surface area contributed by atoms with E-state index in [4.69, 9.17) is 5.11 Å². The maximum atomic E-state index is 11.5. The highest BCUT2D eigenvalue weighted by Gasteiger charge is 2.39. The van der Waals surface area contributed by atoms with Crippen LogP contribution >= 0.6 is 0 Å². The summed E-state index contributed by atoms with van der Waals surface area (Å²) in [5.41, 5.74) is 0. The van der Waals surface area contributed by atoms with E-state index in [1.54, 1.807) is 0 Å². The van der Waals surface area contributed by atoms with Gasteiger partial charge in [0.05, 0.1) is 0 Å². The molecule has 3 N–H and O–H groups in total. The summed E-state index contributed by atoms with van der Waals surface area (Å²) in [6.45, 7) is 0. The van der Waals surface area contributed by atoms with Crippen molar-refractivity contribution in [3.8, 4) is 0 Å². The van der Waals surface area contributed by atoms with Crippen LogP contribution in [-0.2, 0) is 0 Å². The molecule has 0 saturated carbocycles. The number of aliphatic hydroxyl groups is 1. The van der Waals surface area contributed by atoms with E-state index >= 15 is 0 Å². The van der Waals surface area contributed by atoms with E-state index in [9.17, 15) is 18.0 Å². The van der Waals surface area contributed by atoms with Crippen LogP contribution in [0.3, 0.4) is 0 Å². The average molecular weight is 172 g/mol. The smallest absolute Gasteiger partial charge is 0.366 e. The molecule has 0 saturated heterocycles. The largest absolute Gasteiger partial charge is 0.433 e. The molecule has 0 radical (unpaired) electrons. The molecule has 0 bridgehead atoms. The quantitative estimate of drug-likeness (QED) is 0.479. The van der Waals surface area contributed by atoms with Gasteiger partial charge >= 0.3 is 12.2 Å². The first-order chi connectivity index (χ1) is 4.88. The summed E-state index contributed by atoms with van der Waals surface area (Å²) >= 11 is 0. The SMILES string of the molecule is CNC(=O)NC(O)C(F)(F)F. The van der Waals surface area contributed by atoms with Crippen LogP contribution in [-0.4, -0.2) is 30.6 Å². The third-order valence-electron chi connectivity index (χ3n) is 0.805. The Morgan fingerprint density at radius 1 is 1.55 bits per heavy atom. The molecular weight excluding hydrogens is 165 g/mol. The van der Waals surface area contributed by atoms with Crippen molar-refractivity contribution in [1.82, 2.24) is 10.6 Å². The summed E-state index contributed by atoms with van der Waals surface area (Å²) in [5, 5.41) is 11.3. The average Bonchev–Trinajstić information content (AvgIpc) is 1.85. The second kappa shape index (κ2) is 3.42. The van der Waals surface area contributed by atoms with Crippen molar-refractivity contribution >= 4 is 6.03 Å². The van der Waals surface area contributed by atoms with Crippen molar-refractivity contribution in [3.05, 3.63) is 0 Å². The van der Waals surface area contributed by atoms with Gasteiger partial charge in [-0.1, -0.05) is 0 Å². The van der Waals surface area contributed by atoms with Crippen molar-refractivity contribution in [2.24, 2.45) is 0 Å². The number of carbonyl (C=O) groups excluding carboxylic acids is 1. The number of aliphatic hydroxyl groups excluding tert-OH is 1. The Bertz CT molecular complexity index is 147. The molecule has 7 heteroatoms. The third kappa shape index (κ3) is 3.66. The Morgan fingerprint density at radius 2 is 2.00 bits per heavy atom. The van der Waals surface area contributed by atoms with Gasteiger partial charge in [-0.05, 0) is 0 Å². The Hall–Kier alpha value is -0.980. The molecule has 0 fully saturated rings. The highest BCUT2D eigenvalue weighted by atomic mass is 19.4. The maximum absolute atomic E-state index is 11.5. The fourth-order valence-corrected chi connectivity index (χ4v) is 0.278. The van der Waals surface area contributed by atoms with Gasteiger partial charge in [0.15, 0.2) is 0 Å². The van der Waals surface area contributed by atoms with Gasteiger partial charge in [-0.2, -0.15) is 13.2 Å². The number of urea groups is 1. The number of hydrogen-bond donors (Lipinski definition) is 3. The Balaban J connectivity index is 3.87. The van der Waals surface area contributed by atoms with Crippen LogP contribution in [0.25, 0.3) is 0 Å². The number of hydrogen-bond acceptors (Lipinski definition) is 2. The minimum atomic E-state index is -4.83. The monoisotopic (exact) mass is 172 g/mol. The Labute approximate surface area is 60.4 Å². The number of amides is 2. The molecule has 4 nitrogen and oxygen atoms in total. The van der Waals surface area contributed by atoms with E-state index in [2.05, 4.69) is 0 Å². The number of nitrogens with one attached hydrogen (secondary N) is 2. The zero-order valence-corrected chi connectivity index (χ0v) is 5.57. The highest BCUT2D eigenvalue weighted by Crippen LogP contribution is 2.17. The lowest BCUT2D eigenvalue weighted by atomic mass is 10.5. The van der Waals surface area contributed by atoms with Crippen molar-refractivity contribution in [1.29, 1.82) is 0 Å². The van der Waals surface area contributed by atoms with Crippen LogP contribution in [0.15, 0.2) is 0 Å². The molecule has 1 unspecified atom stereocenters. The summed E-state index contributed by atoms with van der Waals surface area (Å²) in [5.74, 6) is 0. The topological polar surface area (TPSA) is 61.4 Å². The fraction of sp³-hybridized carbons (Fsp3) is 0.750. The van der Waals surface area contributed by atoms with Gasteiger partial charge in [0.2, 0.25) is 6.23 Å². The van der Waals surface area contributed by atoms with Gasteiger partial charge in [-0.25, -0.2) is 4.79 Å². The lowest BCUT2D eigenvalue weighted by Crippen LogP contribution is -2.48. The maximum Gasteiger partial charge on any atom is 0.433 e. The number of carbonyl (C=O) groups is 1. The Kier molecular flexibility index (Phi) is 3.12. The standard InChI is InChI=1S/C4H7F3N2O2/c1-8-3(11)9-2(10)4(5,6)7/h2,10H,1H3,(H2,8,9,11). The third-order valence-corrected chi connectivity index (χ3v) is 0.805. The van der Waals surface area contributed by atoms with E-state index in [0.717, 1.165) is 7.05 Å². The molecule has 0 spiro atoms. The first-order valence-electron chi connectivity index (χ1n) is 2.61. The number of alkyl halides is 3. The van der Waals surface area contributed by atoms with Crippen LogP contribution in [0.1, 0.15) is 0 Å². The van der Waals surface area contributed by atoms with Crippen molar-refractivity contribution in [2.45, 2.75) is 12.4 Å². The lowest BCUT2D eigenvalue weighted by Gasteiger charge is -2.14. The van der Waals surface area contributed by atoms with Crippen LogP contribution in [0.5, 0.6) is 0 Å². The number of halogens is 3. The molecule has 2 amide bonds. The summed E-state index contributed by atoms with van der Waals surface area (Å²) in [6.07, 6.45) is -7.64. The zero-order chi connectivity index (χ0) is 9.07. The lowest BCUT2D eigenvalue weighted by molar-refractivity contribution is -0.209. The normalized spacial score (nSPS) is 13.9. The van der Waals surface area contributed by atoms with Crippen molar-refractivity contribution in [2.75, 3.05) is 7.05 Å². The van der Waals surface area contributed by atoms with E-state index in [1.807, 2.05) is 5.32 Å². The second-order valence-corrected chi connectivity index (χ2v) is 1.67. The van der Waals surface area contributed by atoms with Crippen LogP contribution in [0.2, 0.25) is 0 Å². The minimum Gasteiger partial charge on any atom is -0.366 e. The molecule has 11 heavy (non-hydrogen) atoms. The van der Waals surface area contributed by atoms with E-state index in [0.29, 0.717) is 0 Å². The summed E-state index contributed by atoms with van der Waals surface area (Å²) in [7, 11) is 1.14. The first kappa shape index (κ1) is 10.0. The molecule has 0 aromatic heterocycles. The van der Waals surface area contributed by atoms with E-state index < -0.39 is 18.4 Å². The van der Waals surface area contributed by atoms with Gasteiger partial charge < -0.3 is 15.7 Å². The molecule has 0 aromatic carbocycles. The van der Waals surface area contributed by atoms with Crippen LogP contribution in [0, 0.1) is 0 Å². The molecular formula is C4H7F3N2O2. The van der Waals surface area contributed by atoms with E-state index in [1.165, 1.54) is 5.32 Å². The van der Waals surface area contributed by atoms with Gasteiger partial charge in [-0.15, -0.1) is 0 Å². The van der Waals surface area contributed by atoms with Gasteiger partial charge in [0, 0.05) is 7.05 Å². The first-order valence-corrected chi connectivity index (χ1v) is 2.61. The molecule has 1 atom stereocenters. The molecule has 0 heterocycles. The van der Waals surface area contributed by atoms with Gasteiger partial charge in [0.1, 0.15) is 0 Å². The molecule has 66 valence electrons. The summed E-state index contributed by atoms with van der Waals surface area (Å²) in [6, 6.07) is -1.09. The molecule has 0 rings (SSSR count). The molecule has 0 aliphatic rings. The van der Waals surface area contributed by atoms with Gasteiger partial charge in [-0.3, -0.25) is 0 Å². The zero-order valence-electron chi connectivity index (χ0n) is 5.57. The molecule has 0 aliphatic carbocycles. The molecule has 0 aromatic rings. The summed E-state index contributed by atoms with van der Waals surface area (Å²) in [4.78, 5) is 10.2. The predicted molar refractivity (Wildman–Crippen MR) is 29.7 cm³/mol. The van der Waals surface area contributed by atoms with Gasteiger partial charge in [0.25, 0.3) is 0 Å². The summed E-state index contributed by atoms with van der Waals surface area (Å²) < 4.78 is 34.4. The minimum absolute atomic E-state index is 1.09. The van der Waals surface area contributed by atoms with Crippen LogP contribution < -0.4 is 10.6 Å². The predicted octanol–water partition coefficient (Wildman–Crippen LogP) is -0.204. The van der Waals surface area contributed by atoms with Crippen molar-refractivity contribution in [3.63, 3.8) is 0 Å².